The normalized spacial score (nSPS) is 9.69. The van der Waals surface area contributed by atoms with Gasteiger partial charge in [-0.1, -0.05) is 0 Å². The summed E-state index contributed by atoms with van der Waals surface area (Å²) >= 11 is 0. The van der Waals surface area contributed by atoms with Gasteiger partial charge in [0.2, 0.25) is 0 Å². The predicted octanol–water partition coefficient (Wildman–Crippen LogP) is -0.367. The molecule has 16 heavy (non-hydrogen) atoms. The van der Waals surface area contributed by atoms with Crippen LogP contribution in [0, 0.1) is 11.3 Å². The lowest BCUT2D eigenvalue weighted by atomic mass is 10.3. The molecule has 0 atom stereocenters. The van der Waals surface area contributed by atoms with Crippen molar-refractivity contribution < 1.29 is 4.79 Å². The Bertz CT molecular complexity index is 582. The zero-order valence-corrected chi connectivity index (χ0v) is 8.03. The summed E-state index contributed by atoms with van der Waals surface area (Å²) in [6.07, 6.45) is 2.81. The first kappa shape index (κ1) is 9.79. The quantitative estimate of drug-likeness (QED) is 0.733. The Morgan fingerprint density at radius 1 is 1.50 bits per heavy atom. The first-order chi connectivity index (χ1) is 7.70. The Morgan fingerprint density at radius 2 is 2.31 bits per heavy atom. The Hall–Kier alpha value is -2.75. The SMILES string of the molecule is N#Cc1ncn(-c2ccnc(C(N)=O)c2)n1. The summed E-state index contributed by atoms with van der Waals surface area (Å²) in [5.74, 6) is -0.570. The minimum absolute atomic E-state index is 0.0532. The number of rotatable bonds is 2. The lowest BCUT2D eigenvalue weighted by molar-refractivity contribution is 0.0995. The van der Waals surface area contributed by atoms with E-state index in [1.165, 1.54) is 23.3 Å². The number of nitriles is 1. The van der Waals surface area contributed by atoms with Gasteiger partial charge in [0.25, 0.3) is 11.7 Å². The number of amides is 1. The summed E-state index contributed by atoms with van der Waals surface area (Å²) in [5, 5.41) is 12.4. The lowest BCUT2D eigenvalue weighted by Gasteiger charge is -2.00. The van der Waals surface area contributed by atoms with Gasteiger partial charge in [0.15, 0.2) is 0 Å². The molecule has 7 nitrogen and oxygen atoms in total. The fraction of sp³-hybridized carbons (Fsp3) is 0. The topological polar surface area (TPSA) is 110 Å². The molecular formula is C9H6N6O. The largest absolute Gasteiger partial charge is 0.364 e. The van der Waals surface area contributed by atoms with Crippen LogP contribution in [0.3, 0.4) is 0 Å². The fourth-order valence-corrected chi connectivity index (χ4v) is 1.14. The fourth-order valence-electron chi connectivity index (χ4n) is 1.14. The van der Waals surface area contributed by atoms with Crippen molar-refractivity contribution in [3.05, 3.63) is 36.2 Å². The van der Waals surface area contributed by atoms with Gasteiger partial charge < -0.3 is 5.73 Å². The van der Waals surface area contributed by atoms with Crippen LogP contribution < -0.4 is 5.73 Å². The number of nitrogens with zero attached hydrogens (tertiary/aromatic N) is 5. The van der Waals surface area contributed by atoms with Crippen LogP contribution >= 0.6 is 0 Å². The molecule has 0 saturated heterocycles. The van der Waals surface area contributed by atoms with E-state index in [1.807, 2.05) is 0 Å². The molecule has 2 aromatic rings. The summed E-state index contributed by atoms with van der Waals surface area (Å²) < 4.78 is 1.37. The molecule has 1 amide bonds. The molecule has 78 valence electrons. The number of pyridine rings is 1. The first-order valence-corrected chi connectivity index (χ1v) is 4.28. The van der Waals surface area contributed by atoms with Crippen molar-refractivity contribution in [2.24, 2.45) is 5.73 Å². The maximum absolute atomic E-state index is 10.9. The number of hydrogen-bond donors (Lipinski definition) is 1. The van der Waals surface area contributed by atoms with Gasteiger partial charge in [0.05, 0.1) is 5.69 Å². The average Bonchev–Trinajstić information content (AvgIpc) is 2.77. The number of hydrogen-bond acceptors (Lipinski definition) is 5. The van der Waals surface area contributed by atoms with Crippen LogP contribution in [0.2, 0.25) is 0 Å². The third-order valence-electron chi connectivity index (χ3n) is 1.85. The minimum atomic E-state index is -0.623. The van der Waals surface area contributed by atoms with Crippen LogP contribution in [-0.4, -0.2) is 25.7 Å². The molecule has 0 aliphatic heterocycles. The molecule has 0 radical (unpaired) electrons. The van der Waals surface area contributed by atoms with Crippen molar-refractivity contribution in [2.45, 2.75) is 0 Å². The number of primary amides is 1. The highest BCUT2D eigenvalue weighted by atomic mass is 16.1. The van der Waals surface area contributed by atoms with Crippen molar-refractivity contribution in [2.75, 3.05) is 0 Å². The van der Waals surface area contributed by atoms with E-state index < -0.39 is 5.91 Å². The molecular weight excluding hydrogens is 208 g/mol. The molecule has 0 unspecified atom stereocenters. The number of aromatic nitrogens is 4. The predicted molar refractivity (Wildman–Crippen MR) is 52.4 cm³/mol. The highest BCUT2D eigenvalue weighted by Crippen LogP contribution is 2.06. The van der Waals surface area contributed by atoms with Crippen molar-refractivity contribution in [3.63, 3.8) is 0 Å². The van der Waals surface area contributed by atoms with Gasteiger partial charge in [-0.15, -0.1) is 5.10 Å². The summed E-state index contributed by atoms with van der Waals surface area (Å²) in [7, 11) is 0. The molecule has 7 heteroatoms. The Balaban J connectivity index is 2.44. The van der Waals surface area contributed by atoms with Crippen molar-refractivity contribution in [1.82, 2.24) is 19.7 Å². The highest BCUT2D eigenvalue weighted by molar-refractivity contribution is 5.91. The maximum Gasteiger partial charge on any atom is 0.267 e. The molecule has 0 spiro atoms. The van der Waals surface area contributed by atoms with Crippen molar-refractivity contribution >= 4 is 5.91 Å². The number of carbonyl (C=O) groups excluding carboxylic acids is 1. The van der Waals surface area contributed by atoms with Gasteiger partial charge in [-0.2, -0.15) is 5.26 Å². The van der Waals surface area contributed by atoms with E-state index in [1.54, 1.807) is 12.1 Å². The third kappa shape index (κ3) is 1.72. The Labute approximate surface area is 90.2 Å². The van der Waals surface area contributed by atoms with Crippen LogP contribution in [0.15, 0.2) is 24.7 Å². The maximum atomic E-state index is 10.9. The molecule has 2 N–H and O–H groups in total. The summed E-state index contributed by atoms with van der Waals surface area (Å²) in [4.78, 5) is 18.4. The van der Waals surface area contributed by atoms with Gasteiger partial charge in [0, 0.05) is 6.20 Å². The van der Waals surface area contributed by atoms with Gasteiger partial charge >= 0.3 is 0 Å². The van der Waals surface area contributed by atoms with E-state index in [4.69, 9.17) is 11.0 Å². The van der Waals surface area contributed by atoms with E-state index in [9.17, 15) is 4.79 Å². The van der Waals surface area contributed by atoms with Crippen LogP contribution in [0.4, 0.5) is 0 Å². The minimum Gasteiger partial charge on any atom is -0.364 e. The lowest BCUT2D eigenvalue weighted by Crippen LogP contribution is -2.13. The molecule has 0 fully saturated rings. The van der Waals surface area contributed by atoms with E-state index >= 15 is 0 Å². The number of nitrogens with two attached hydrogens (primary N) is 1. The van der Waals surface area contributed by atoms with Gasteiger partial charge in [-0.25, -0.2) is 9.67 Å². The average molecular weight is 214 g/mol. The van der Waals surface area contributed by atoms with Crippen molar-refractivity contribution in [1.29, 1.82) is 5.26 Å². The van der Waals surface area contributed by atoms with Crippen LogP contribution in [0.5, 0.6) is 0 Å². The Kier molecular flexibility index (Phi) is 2.31. The molecule has 0 aliphatic rings. The van der Waals surface area contributed by atoms with Gasteiger partial charge in [0.1, 0.15) is 18.1 Å². The Morgan fingerprint density at radius 3 is 2.94 bits per heavy atom. The second-order valence-corrected chi connectivity index (χ2v) is 2.89. The summed E-state index contributed by atoms with van der Waals surface area (Å²) in [5.41, 5.74) is 5.79. The number of carbonyl (C=O) groups is 1. The van der Waals surface area contributed by atoms with Crippen LogP contribution in [0.25, 0.3) is 5.69 Å². The third-order valence-corrected chi connectivity index (χ3v) is 1.85. The second kappa shape index (κ2) is 3.78. The molecule has 2 rings (SSSR count). The second-order valence-electron chi connectivity index (χ2n) is 2.89. The highest BCUT2D eigenvalue weighted by Gasteiger charge is 2.06. The molecule has 0 saturated carbocycles. The molecule has 2 aromatic heterocycles. The monoisotopic (exact) mass is 214 g/mol. The first-order valence-electron chi connectivity index (χ1n) is 4.28. The summed E-state index contributed by atoms with van der Waals surface area (Å²) in [6, 6.07) is 4.90. The van der Waals surface area contributed by atoms with Crippen molar-refractivity contribution in [3.8, 4) is 11.8 Å². The van der Waals surface area contributed by atoms with E-state index in [2.05, 4.69) is 15.1 Å². The smallest absolute Gasteiger partial charge is 0.267 e. The van der Waals surface area contributed by atoms with Crippen LogP contribution in [0.1, 0.15) is 16.3 Å². The molecule has 0 aliphatic carbocycles. The zero-order valence-electron chi connectivity index (χ0n) is 8.03. The molecule has 0 aromatic carbocycles. The van der Waals surface area contributed by atoms with Gasteiger partial charge in [-0.3, -0.25) is 9.78 Å². The standard InChI is InChI=1S/C9H6N6O/c10-4-8-13-5-15(14-8)6-1-2-12-7(3-6)9(11)16/h1-3,5H,(H2,11,16). The zero-order chi connectivity index (χ0) is 11.5. The summed E-state index contributed by atoms with van der Waals surface area (Å²) in [6.45, 7) is 0. The van der Waals surface area contributed by atoms with E-state index in [-0.39, 0.29) is 11.5 Å². The van der Waals surface area contributed by atoms with Crippen LogP contribution in [-0.2, 0) is 0 Å². The molecule has 0 bridgehead atoms. The molecule has 2 heterocycles. The van der Waals surface area contributed by atoms with Gasteiger partial charge in [-0.05, 0) is 12.1 Å². The van der Waals surface area contributed by atoms with E-state index in [0.29, 0.717) is 5.69 Å². The van der Waals surface area contributed by atoms with E-state index in [0.717, 1.165) is 0 Å².